The van der Waals surface area contributed by atoms with Gasteiger partial charge in [-0.2, -0.15) is 0 Å². The van der Waals surface area contributed by atoms with Gasteiger partial charge >= 0.3 is 5.97 Å². The lowest BCUT2D eigenvalue weighted by Crippen LogP contribution is -2.45. The molecule has 0 saturated heterocycles. The van der Waals surface area contributed by atoms with Gasteiger partial charge in [-0.1, -0.05) is 269 Å². The van der Waals surface area contributed by atoms with E-state index in [-0.39, 0.29) is 18.5 Å². The summed E-state index contributed by atoms with van der Waals surface area (Å²) in [4.78, 5) is 24.5. The van der Waals surface area contributed by atoms with Crippen LogP contribution in [0.5, 0.6) is 0 Å². The average Bonchev–Trinajstić information content (AvgIpc) is 3.31. The van der Waals surface area contributed by atoms with Crippen LogP contribution >= 0.6 is 0 Å². The third-order valence-electron chi connectivity index (χ3n) is 13.5. The number of esters is 1. The Hall–Kier alpha value is -1.66. The Balaban J connectivity index is 3.49. The molecule has 3 N–H and O–H groups in total. The van der Waals surface area contributed by atoms with Crippen LogP contribution in [-0.4, -0.2) is 47.4 Å². The molecule has 2 unspecified atom stereocenters. The first-order valence-corrected chi connectivity index (χ1v) is 29.1. The Bertz CT molecular complexity index is 1010. The van der Waals surface area contributed by atoms with Gasteiger partial charge in [0.05, 0.1) is 25.4 Å². The van der Waals surface area contributed by atoms with Gasteiger partial charge in [0.1, 0.15) is 0 Å². The molecule has 0 aromatic heterocycles. The van der Waals surface area contributed by atoms with Crippen molar-refractivity contribution >= 4 is 11.9 Å². The van der Waals surface area contributed by atoms with Gasteiger partial charge in [0.2, 0.25) is 5.91 Å². The second kappa shape index (κ2) is 54.9. The highest BCUT2D eigenvalue weighted by molar-refractivity contribution is 5.76. The van der Waals surface area contributed by atoms with E-state index in [4.69, 9.17) is 4.74 Å². The van der Waals surface area contributed by atoms with Crippen LogP contribution in [0.25, 0.3) is 0 Å². The van der Waals surface area contributed by atoms with E-state index in [1.165, 1.54) is 231 Å². The van der Waals surface area contributed by atoms with Gasteiger partial charge in [0.15, 0.2) is 0 Å². The maximum Gasteiger partial charge on any atom is 0.305 e. The van der Waals surface area contributed by atoms with Crippen LogP contribution in [0.1, 0.15) is 316 Å². The molecule has 1 amide bonds. The molecule has 0 aromatic carbocycles. The van der Waals surface area contributed by atoms with Crippen LogP contribution in [0, 0.1) is 0 Å². The van der Waals surface area contributed by atoms with Crippen LogP contribution < -0.4 is 5.32 Å². The molecule has 0 aliphatic heterocycles. The summed E-state index contributed by atoms with van der Waals surface area (Å²) in [5.41, 5.74) is 0. The van der Waals surface area contributed by atoms with Crippen molar-refractivity contribution in [3.8, 4) is 0 Å². The van der Waals surface area contributed by atoms with Crippen molar-refractivity contribution in [1.82, 2.24) is 5.32 Å². The molecule has 0 heterocycles. The Labute approximate surface area is 405 Å². The number of carbonyl (C=O) groups is 2. The summed E-state index contributed by atoms with van der Waals surface area (Å²) in [6.45, 7) is 4.90. The number of hydrogen-bond donors (Lipinski definition) is 3. The van der Waals surface area contributed by atoms with Gasteiger partial charge in [-0.05, 0) is 57.8 Å². The molecule has 6 heteroatoms. The predicted octanol–water partition coefficient (Wildman–Crippen LogP) is 17.9. The molecule has 65 heavy (non-hydrogen) atoms. The van der Waals surface area contributed by atoms with Crippen molar-refractivity contribution in [2.45, 2.75) is 328 Å². The number of amides is 1. The molecule has 6 nitrogen and oxygen atoms in total. The molecule has 0 aliphatic rings. The zero-order chi connectivity index (χ0) is 47.2. The number of aliphatic hydroxyl groups excluding tert-OH is 2. The van der Waals surface area contributed by atoms with E-state index in [2.05, 4.69) is 31.3 Å². The monoisotopic (exact) mass is 916 g/mol. The maximum absolute atomic E-state index is 12.5. The smallest absolute Gasteiger partial charge is 0.305 e. The number of carbonyl (C=O) groups excluding carboxylic acids is 2. The minimum Gasteiger partial charge on any atom is -0.466 e. The molecule has 0 bridgehead atoms. The van der Waals surface area contributed by atoms with Gasteiger partial charge in [-0.15, -0.1) is 0 Å². The Morgan fingerprint density at radius 2 is 0.723 bits per heavy atom. The van der Waals surface area contributed by atoms with Crippen LogP contribution in [0.15, 0.2) is 24.3 Å². The molecule has 2 atom stereocenters. The number of allylic oxidation sites excluding steroid dienone is 3. The first-order chi connectivity index (χ1) is 32.0. The summed E-state index contributed by atoms with van der Waals surface area (Å²) in [6, 6.07) is -0.638. The lowest BCUT2D eigenvalue weighted by molar-refractivity contribution is -0.143. The summed E-state index contributed by atoms with van der Waals surface area (Å²) < 4.78 is 5.46. The second-order valence-corrected chi connectivity index (χ2v) is 20.0. The fourth-order valence-corrected chi connectivity index (χ4v) is 8.98. The van der Waals surface area contributed by atoms with Crippen molar-refractivity contribution < 1.29 is 24.5 Å². The summed E-state index contributed by atoms with van der Waals surface area (Å²) in [5.74, 6) is -0.0781. The summed E-state index contributed by atoms with van der Waals surface area (Å²) in [5, 5.41) is 23.1. The summed E-state index contributed by atoms with van der Waals surface area (Å²) >= 11 is 0. The van der Waals surface area contributed by atoms with Crippen molar-refractivity contribution in [2.75, 3.05) is 13.2 Å². The molecular weight excluding hydrogens is 803 g/mol. The average molecular weight is 917 g/mol. The zero-order valence-electron chi connectivity index (χ0n) is 43.7. The highest BCUT2D eigenvalue weighted by atomic mass is 16.5. The van der Waals surface area contributed by atoms with Gasteiger partial charge in [0, 0.05) is 12.8 Å². The van der Waals surface area contributed by atoms with Crippen molar-refractivity contribution in [2.24, 2.45) is 0 Å². The normalized spacial score (nSPS) is 12.7. The van der Waals surface area contributed by atoms with E-state index in [0.29, 0.717) is 19.4 Å². The van der Waals surface area contributed by atoms with Crippen molar-refractivity contribution in [3.63, 3.8) is 0 Å². The largest absolute Gasteiger partial charge is 0.466 e. The number of nitrogens with one attached hydrogen (secondary N) is 1. The molecule has 0 radical (unpaired) electrons. The van der Waals surface area contributed by atoms with Gasteiger partial charge in [-0.3, -0.25) is 9.59 Å². The minimum absolute atomic E-state index is 0.00200. The van der Waals surface area contributed by atoms with E-state index in [1.807, 2.05) is 6.08 Å². The highest BCUT2D eigenvalue weighted by Gasteiger charge is 2.18. The molecular formula is C59H113NO5. The number of ether oxygens (including phenoxy) is 1. The van der Waals surface area contributed by atoms with Gasteiger partial charge < -0.3 is 20.3 Å². The van der Waals surface area contributed by atoms with E-state index < -0.39 is 12.1 Å². The quantitative estimate of drug-likeness (QED) is 0.0321. The van der Waals surface area contributed by atoms with E-state index in [0.717, 1.165) is 57.8 Å². The van der Waals surface area contributed by atoms with Crippen molar-refractivity contribution in [3.05, 3.63) is 24.3 Å². The molecule has 0 saturated carbocycles. The first-order valence-electron chi connectivity index (χ1n) is 29.1. The third-order valence-corrected chi connectivity index (χ3v) is 13.5. The predicted molar refractivity (Wildman–Crippen MR) is 283 cm³/mol. The Morgan fingerprint density at radius 3 is 1.09 bits per heavy atom. The molecule has 0 spiro atoms. The first kappa shape index (κ1) is 63.3. The maximum atomic E-state index is 12.5. The fourth-order valence-electron chi connectivity index (χ4n) is 8.98. The van der Waals surface area contributed by atoms with Crippen molar-refractivity contribution in [1.29, 1.82) is 0 Å². The van der Waals surface area contributed by atoms with E-state index >= 15 is 0 Å². The van der Waals surface area contributed by atoms with Gasteiger partial charge in [-0.25, -0.2) is 0 Å². The number of aliphatic hydroxyl groups is 2. The number of unbranched alkanes of at least 4 members (excludes halogenated alkanes) is 41. The van der Waals surface area contributed by atoms with E-state index in [1.54, 1.807) is 6.08 Å². The topological polar surface area (TPSA) is 95.9 Å². The van der Waals surface area contributed by atoms with E-state index in [9.17, 15) is 19.8 Å². The number of rotatable bonds is 54. The minimum atomic E-state index is -0.853. The lowest BCUT2D eigenvalue weighted by Gasteiger charge is -2.20. The van der Waals surface area contributed by atoms with Crippen LogP contribution in [-0.2, 0) is 14.3 Å². The Morgan fingerprint density at radius 1 is 0.415 bits per heavy atom. The molecule has 0 fully saturated rings. The molecule has 384 valence electrons. The summed E-state index contributed by atoms with van der Waals surface area (Å²) in [7, 11) is 0. The zero-order valence-corrected chi connectivity index (χ0v) is 43.7. The highest BCUT2D eigenvalue weighted by Crippen LogP contribution is 2.17. The molecule has 0 aromatic rings. The Kier molecular flexibility index (Phi) is 53.5. The summed E-state index contributed by atoms with van der Waals surface area (Å²) in [6.07, 6.45) is 66.3. The van der Waals surface area contributed by atoms with Crippen LogP contribution in [0.3, 0.4) is 0 Å². The van der Waals surface area contributed by atoms with Crippen LogP contribution in [0.2, 0.25) is 0 Å². The SMILES string of the molecule is CCCCCCCCCCCCCCCCCCC/C=C/C(O)C(CO)NC(=O)CCCCCCC/C=C\CCCCCCCCCCCOC(=O)CCCCCCCCCCCCC. The fraction of sp³-hybridized carbons (Fsp3) is 0.898. The molecule has 0 rings (SSSR count). The van der Waals surface area contributed by atoms with Crippen LogP contribution in [0.4, 0.5) is 0 Å². The number of hydrogen-bond acceptors (Lipinski definition) is 5. The second-order valence-electron chi connectivity index (χ2n) is 20.0. The van der Waals surface area contributed by atoms with Gasteiger partial charge in [0.25, 0.3) is 0 Å². The third kappa shape index (κ3) is 51.6. The lowest BCUT2D eigenvalue weighted by atomic mass is 10.0. The molecule has 0 aliphatic carbocycles. The standard InChI is InChI=1S/C59H113NO5/c1-3-5-7-9-11-13-15-16-17-18-19-22-25-28-32-35-39-43-47-51-57(62)56(55-61)60-58(63)52-48-44-40-36-33-29-26-23-20-21-24-27-30-34-38-42-46-50-54-65-59(64)53-49-45-41-37-31-14-12-10-8-6-4-2/h23,26,47,51,56-57,61-62H,3-22,24-25,27-46,48-50,52-55H2,1-2H3,(H,60,63)/b26-23-,51-47+.